The van der Waals surface area contributed by atoms with Gasteiger partial charge in [0.2, 0.25) is 11.8 Å². The Hall–Kier alpha value is -3.72. The standard InChI is InChI=1S/C25H27N3O5S/c1-18-7-9-19(10-8-18)11-12-22(29)27-25(34)28-14-13-26-24(31)21(28)17-23(30)33-16-15-32-20-5-3-2-4-6-20/h2-12,21H,13-17H2,1H3,(H,26,31)(H,27,29,34). The van der Waals surface area contributed by atoms with Gasteiger partial charge in [-0.3, -0.25) is 19.7 Å². The molecule has 178 valence electrons. The van der Waals surface area contributed by atoms with E-state index in [9.17, 15) is 14.4 Å². The molecule has 1 unspecified atom stereocenters. The summed E-state index contributed by atoms with van der Waals surface area (Å²) < 4.78 is 10.7. The predicted octanol–water partition coefficient (Wildman–Crippen LogP) is 2.22. The Morgan fingerprint density at radius 3 is 2.62 bits per heavy atom. The van der Waals surface area contributed by atoms with Crippen LogP contribution < -0.4 is 15.4 Å². The third-order valence-corrected chi connectivity index (χ3v) is 5.38. The van der Waals surface area contributed by atoms with Crippen molar-refractivity contribution in [2.45, 2.75) is 19.4 Å². The Kier molecular flexibility index (Phi) is 9.16. The average Bonchev–Trinajstić information content (AvgIpc) is 2.83. The number of hydrogen-bond donors (Lipinski definition) is 2. The molecule has 34 heavy (non-hydrogen) atoms. The monoisotopic (exact) mass is 481 g/mol. The number of amides is 2. The summed E-state index contributed by atoms with van der Waals surface area (Å²) in [5, 5.41) is 5.40. The van der Waals surface area contributed by atoms with Crippen LogP contribution in [0, 0.1) is 6.92 Å². The molecule has 2 N–H and O–H groups in total. The lowest BCUT2D eigenvalue weighted by atomic mass is 10.1. The van der Waals surface area contributed by atoms with Gasteiger partial charge in [-0.25, -0.2) is 0 Å². The molecule has 1 aliphatic rings. The largest absolute Gasteiger partial charge is 0.490 e. The van der Waals surface area contributed by atoms with E-state index < -0.39 is 17.9 Å². The van der Waals surface area contributed by atoms with Crippen molar-refractivity contribution in [1.82, 2.24) is 15.5 Å². The number of para-hydroxylation sites is 1. The smallest absolute Gasteiger partial charge is 0.308 e. The average molecular weight is 482 g/mol. The van der Waals surface area contributed by atoms with E-state index in [2.05, 4.69) is 10.6 Å². The van der Waals surface area contributed by atoms with E-state index in [-0.39, 0.29) is 30.7 Å². The van der Waals surface area contributed by atoms with Crippen molar-refractivity contribution in [2.75, 3.05) is 26.3 Å². The van der Waals surface area contributed by atoms with Gasteiger partial charge >= 0.3 is 5.97 Å². The molecule has 1 heterocycles. The highest BCUT2D eigenvalue weighted by atomic mass is 32.1. The molecule has 0 spiro atoms. The van der Waals surface area contributed by atoms with Crippen molar-refractivity contribution in [3.63, 3.8) is 0 Å². The molecule has 1 atom stereocenters. The van der Waals surface area contributed by atoms with Gasteiger partial charge in [0.25, 0.3) is 0 Å². The summed E-state index contributed by atoms with van der Waals surface area (Å²) in [5.74, 6) is -0.655. The molecule has 8 nitrogen and oxygen atoms in total. The number of hydrogen-bond acceptors (Lipinski definition) is 6. The number of piperazine rings is 1. The first-order valence-electron chi connectivity index (χ1n) is 10.9. The normalized spacial score (nSPS) is 15.5. The van der Waals surface area contributed by atoms with Crippen LogP contribution in [0.25, 0.3) is 6.08 Å². The number of esters is 1. The van der Waals surface area contributed by atoms with Crippen LogP contribution in [0.15, 0.2) is 60.7 Å². The Morgan fingerprint density at radius 2 is 1.88 bits per heavy atom. The number of carbonyl (C=O) groups excluding carboxylic acids is 3. The molecule has 1 saturated heterocycles. The topological polar surface area (TPSA) is 97.0 Å². The Labute approximate surface area is 203 Å². The summed E-state index contributed by atoms with van der Waals surface area (Å²) in [6.45, 7) is 2.94. The number of carbonyl (C=O) groups is 3. The number of nitrogens with zero attached hydrogens (tertiary/aromatic N) is 1. The highest BCUT2D eigenvalue weighted by Gasteiger charge is 2.34. The highest BCUT2D eigenvalue weighted by molar-refractivity contribution is 7.80. The van der Waals surface area contributed by atoms with E-state index in [0.717, 1.165) is 11.1 Å². The van der Waals surface area contributed by atoms with Gasteiger partial charge in [0, 0.05) is 19.2 Å². The lowest BCUT2D eigenvalue weighted by Gasteiger charge is -2.36. The number of benzene rings is 2. The fraction of sp³-hybridized carbons (Fsp3) is 0.280. The Bertz CT molecular complexity index is 1040. The fourth-order valence-corrected chi connectivity index (χ4v) is 3.60. The molecule has 2 aromatic carbocycles. The molecular formula is C25H27N3O5S. The van der Waals surface area contributed by atoms with E-state index in [1.54, 1.807) is 18.2 Å². The van der Waals surface area contributed by atoms with Crippen molar-refractivity contribution in [3.05, 3.63) is 71.8 Å². The Balaban J connectivity index is 1.49. The van der Waals surface area contributed by atoms with Crippen LogP contribution >= 0.6 is 12.2 Å². The summed E-state index contributed by atoms with van der Waals surface area (Å²) >= 11 is 5.35. The van der Waals surface area contributed by atoms with Gasteiger partial charge in [0.15, 0.2) is 5.11 Å². The second-order valence-corrected chi connectivity index (χ2v) is 8.01. The number of aryl methyl sites for hydroxylation is 1. The van der Waals surface area contributed by atoms with Crippen LogP contribution in [0.5, 0.6) is 5.75 Å². The summed E-state index contributed by atoms with van der Waals surface area (Å²) in [5.41, 5.74) is 2.00. The van der Waals surface area contributed by atoms with Crippen molar-refractivity contribution in [3.8, 4) is 5.75 Å². The number of rotatable bonds is 8. The van der Waals surface area contributed by atoms with Gasteiger partial charge in [-0.2, -0.15) is 0 Å². The molecule has 9 heteroatoms. The quantitative estimate of drug-likeness (QED) is 0.258. The van der Waals surface area contributed by atoms with E-state index in [1.165, 1.54) is 11.0 Å². The van der Waals surface area contributed by atoms with E-state index >= 15 is 0 Å². The van der Waals surface area contributed by atoms with Crippen LogP contribution in [0.1, 0.15) is 17.5 Å². The second kappa shape index (κ2) is 12.5. The minimum atomic E-state index is -0.870. The lowest BCUT2D eigenvalue weighted by molar-refractivity contribution is -0.148. The number of thiocarbonyl (C=S) groups is 1. The molecule has 2 amide bonds. The minimum absolute atomic E-state index is 0.0487. The maximum absolute atomic E-state index is 12.4. The fourth-order valence-electron chi connectivity index (χ4n) is 3.28. The summed E-state index contributed by atoms with van der Waals surface area (Å²) in [4.78, 5) is 38.6. The van der Waals surface area contributed by atoms with Crippen LogP contribution in [-0.4, -0.2) is 60.1 Å². The van der Waals surface area contributed by atoms with E-state index in [4.69, 9.17) is 21.7 Å². The van der Waals surface area contributed by atoms with Crippen LogP contribution in [-0.2, 0) is 19.1 Å². The van der Waals surface area contributed by atoms with Gasteiger partial charge in [0.1, 0.15) is 25.0 Å². The van der Waals surface area contributed by atoms with Gasteiger partial charge in [-0.1, -0.05) is 48.0 Å². The van der Waals surface area contributed by atoms with Crippen molar-refractivity contribution in [2.24, 2.45) is 0 Å². The van der Waals surface area contributed by atoms with Crippen molar-refractivity contribution in [1.29, 1.82) is 0 Å². The van der Waals surface area contributed by atoms with Crippen molar-refractivity contribution < 1.29 is 23.9 Å². The summed E-state index contributed by atoms with van der Waals surface area (Å²) in [6.07, 6.45) is 2.84. The maximum Gasteiger partial charge on any atom is 0.308 e. The first-order chi connectivity index (χ1) is 16.4. The van der Waals surface area contributed by atoms with Crippen LogP contribution in [0.3, 0.4) is 0 Å². The molecule has 1 aliphatic heterocycles. The molecule has 2 aromatic rings. The third-order valence-electron chi connectivity index (χ3n) is 5.04. The third kappa shape index (κ3) is 7.70. The lowest BCUT2D eigenvalue weighted by Crippen LogP contribution is -2.60. The van der Waals surface area contributed by atoms with Gasteiger partial charge < -0.3 is 19.7 Å². The van der Waals surface area contributed by atoms with Gasteiger partial charge in [-0.15, -0.1) is 0 Å². The molecule has 0 bridgehead atoms. The summed E-state index contributed by atoms with van der Waals surface area (Å²) in [6, 6.07) is 16.0. The minimum Gasteiger partial charge on any atom is -0.490 e. The molecule has 0 aromatic heterocycles. The molecule has 0 saturated carbocycles. The molecule has 3 rings (SSSR count). The molecular weight excluding hydrogens is 454 g/mol. The summed E-state index contributed by atoms with van der Waals surface area (Å²) in [7, 11) is 0. The highest BCUT2D eigenvalue weighted by Crippen LogP contribution is 2.12. The van der Waals surface area contributed by atoms with Crippen molar-refractivity contribution >= 4 is 41.2 Å². The first-order valence-corrected chi connectivity index (χ1v) is 11.3. The zero-order chi connectivity index (χ0) is 24.3. The number of nitrogens with one attached hydrogen (secondary N) is 2. The first kappa shape index (κ1) is 24.9. The maximum atomic E-state index is 12.4. The van der Waals surface area contributed by atoms with Crippen LogP contribution in [0.2, 0.25) is 0 Å². The van der Waals surface area contributed by atoms with Crippen LogP contribution in [0.4, 0.5) is 0 Å². The van der Waals surface area contributed by atoms with E-state index in [0.29, 0.717) is 18.8 Å². The zero-order valence-electron chi connectivity index (χ0n) is 18.9. The molecule has 1 fully saturated rings. The molecule has 0 aliphatic carbocycles. The number of ether oxygens (including phenoxy) is 2. The van der Waals surface area contributed by atoms with Gasteiger partial charge in [0.05, 0.1) is 6.42 Å². The predicted molar refractivity (Wildman–Crippen MR) is 132 cm³/mol. The molecule has 0 radical (unpaired) electrons. The SMILES string of the molecule is Cc1ccc(C=CC(=O)NC(=S)N2CCNC(=O)C2CC(=O)OCCOc2ccccc2)cc1. The second-order valence-electron chi connectivity index (χ2n) is 7.62. The van der Waals surface area contributed by atoms with Gasteiger partial charge in [-0.05, 0) is 42.9 Å². The Morgan fingerprint density at radius 1 is 1.15 bits per heavy atom. The van der Waals surface area contributed by atoms with E-state index in [1.807, 2.05) is 49.4 Å². The zero-order valence-corrected chi connectivity index (χ0v) is 19.7.